The Morgan fingerprint density at radius 2 is 2.17 bits per heavy atom. The molecule has 0 radical (unpaired) electrons. The molecule has 2 fully saturated rings. The van der Waals surface area contributed by atoms with Crippen LogP contribution in [0.5, 0.6) is 0 Å². The van der Waals surface area contributed by atoms with Crippen LogP contribution in [0.2, 0.25) is 0 Å². The Hall–Kier alpha value is -2.15. The number of aliphatic imine (C=N–C) groups is 1. The second kappa shape index (κ2) is 8.30. The monoisotopic (exact) mass is 414 g/mol. The number of halogens is 1. The summed E-state index contributed by atoms with van der Waals surface area (Å²) in [6.45, 7) is 7.85. The SMILES string of the molecule is C=N/C(=C\C(=C(C)Cl)c1nc2ccccc2[nH]1)N1CCC2(CC1)CC(O)CCO2. The molecular formula is C22H27ClN4O2. The first-order chi connectivity index (χ1) is 14.0. The van der Waals surface area contributed by atoms with Gasteiger partial charge in [0, 0.05) is 36.7 Å². The normalized spacial score (nSPS) is 23.3. The van der Waals surface area contributed by atoms with Crippen molar-refractivity contribution in [2.24, 2.45) is 4.99 Å². The van der Waals surface area contributed by atoms with Crippen molar-refractivity contribution >= 4 is 34.9 Å². The molecule has 2 aromatic rings. The van der Waals surface area contributed by atoms with Gasteiger partial charge in [-0.1, -0.05) is 23.7 Å². The quantitative estimate of drug-likeness (QED) is 0.584. The van der Waals surface area contributed by atoms with Gasteiger partial charge in [0.05, 0.1) is 22.7 Å². The van der Waals surface area contributed by atoms with Crippen LogP contribution in [-0.4, -0.2) is 58.1 Å². The first kappa shape index (κ1) is 20.1. The number of aromatic amines is 1. The predicted molar refractivity (Wildman–Crippen MR) is 117 cm³/mol. The van der Waals surface area contributed by atoms with E-state index in [0.29, 0.717) is 23.9 Å². The van der Waals surface area contributed by atoms with E-state index in [-0.39, 0.29) is 11.7 Å². The molecule has 1 spiro atoms. The number of H-pyrrole nitrogens is 1. The number of nitrogens with zero attached hydrogens (tertiary/aromatic N) is 3. The molecule has 0 saturated carbocycles. The number of likely N-dealkylation sites (tertiary alicyclic amines) is 1. The van der Waals surface area contributed by atoms with Gasteiger partial charge in [0.1, 0.15) is 11.6 Å². The molecule has 1 atom stereocenters. The van der Waals surface area contributed by atoms with E-state index >= 15 is 0 Å². The second-order valence-electron chi connectivity index (χ2n) is 7.88. The number of ether oxygens (including phenoxy) is 1. The zero-order chi connectivity index (χ0) is 20.4. The van der Waals surface area contributed by atoms with Gasteiger partial charge in [0.2, 0.25) is 0 Å². The third-order valence-electron chi connectivity index (χ3n) is 5.92. The highest BCUT2D eigenvalue weighted by molar-refractivity contribution is 6.32. The van der Waals surface area contributed by atoms with Gasteiger partial charge in [-0.15, -0.1) is 0 Å². The maximum absolute atomic E-state index is 10.0. The van der Waals surface area contributed by atoms with Gasteiger partial charge in [-0.3, -0.25) is 0 Å². The number of hydrogen-bond donors (Lipinski definition) is 2. The van der Waals surface area contributed by atoms with Crippen molar-refractivity contribution in [3.8, 4) is 0 Å². The largest absolute Gasteiger partial charge is 0.393 e. The highest BCUT2D eigenvalue weighted by atomic mass is 35.5. The average molecular weight is 415 g/mol. The summed E-state index contributed by atoms with van der Waals surface area (Å²) in [6.07, 6.45) is 4.85. The molecule has 2 aliphatic rings. The number of aromatic nitrogens is 2. The minimum atomic E-state index is -0.260. The summed E-state index contributed by atoms with van der Waals surface area (Å²) in [4.78, 5) is 14.5. The molecular weight excluding hydrogens is 388 g/mol. The smallest absolute Gasteiger partial charge is 0.139 e. The highest BCUT2D eigenvalue weighted by Crippen LogP contribution is 2.36. The van der Waals surface area contributed by atoms with Crippen molar-refractivity contribution in [3.63, 3.8) is 0 Å². The third kappa shape index (κ3) is 4.25. The molecule has 154 valence electrons. The van der Waals surface area contributed by atoms with E-state index in [9.17, 15) is 5.11 Å². The van der Waals surface area contributed by atoms with Crippen LogP contribution in [0.15, 0.2) is 46.2 Å². The van der Waals surface area contributed by atoms with Crippen LogP contribution in [0.4, 0.5) is 0 Å². The fraction of sp³-hybridized carbons (Fsp3) is 0.455. The lowest BCUT2D eigenvalue weighted by molar-refractivity contribution is -0.140. The number of fused-ring (bicyclic) bond motifs is 1. The lowest BCUT2D eigenvalue weighted by Gasteiger charge is -2.45. The van der Waals surface area contributed by atoms with Crippen molar-refractivity contribution in [2.75, 3.05) is 19.7 Å². The summed E-state index contributed by atoms with van der Waals surface area (Å²) in [5, 5.41) is 10.7. The molecule has 1 aromatic heterocycles. The van der Waals surface area contributed by atoms with E-state index in [1.165, 1.54) is 0 Å². The Bertz CT molecular complexity index is 920. The summed E-state index contributed by atoms with van der Waals surface area (Å²) in [7, 11) is 0. The Labute approximate surface area is 175 Å². The van der Waals surface area contributed by atoms with E-state index in [0.717, 1.165) is 54.8 Å². The van der Waals surface area contributed by atoms with Gasteiger partial charge < -0.3 is 19.7 Å². The number of benzene rings is 1. The number of allylic oxidation sites excluding steroid dienone is 3. The van der Waals surface area contributed by atoms with Gasteiger partial charge in [0.25, 0.3) is 0 Å². The molecule has 0 bridgehead atoms. The molecule has 1 unspecified atom stereocenters. The summed E-state index contributed by atoms with van der Waals surface area (Å²) >= 11 is 6.43. The molecule has 2 saturated heterocycles. The Morgan fingerprint density at radius 3 is 2.83 bits per heavy atom. The van der Waals surface area contributed by atoms with Crippen LogP contribution < -0.4 is 0 Å². The molecule has 6 nitrogen and oxygen atoms in total. The molecule has 29 heavy (non-hydrogen) atoms. The molecule has 7 heteroatoms. The maximum atomic E-state index is 10.0. The Morgan fingerprint density at radius 1 is 1.41 bits per heavy atom. The molecule has 2 aliphatic heterocycles. The summed E-state index contributed by atoms with van der Waals surface area (Å²) in [5.74, 6) is 1.48. The molecule has 2 N–H and O–H groups in total. The van der Waals surface area contributed by atoms with Crippen molar-refractivity contribution < 1.29 is 9.84 Å². The van der Waals surface area contributed by atoms with Crippen LogP contribution in [0.3, 0.4) is 0 Å². The topological polar surface area (TPSA) is 73.7 Å². The van der Waals surface area contributed by atoms with Crippen LogP contribution in [-0.2, 0) is 4.74 Å². The van der Waals surface area contributed by atoms with Crippen molar-refractivity contribution in [1.82, 2.24) is 14.9 Å². The van der Waals surface area contributed by atoms with Gasteiger partial charge in [0.15, 0.2) is 0 Å². The number of imidazole rings is 1. The van der Waals surface area contributed by atoms with Crippen molar-refractivity contribution in [3.05, 3.63) is 47.0 Å². The number of aliphatic hydroxyl groups excluding tert-OH is 1. The van der Waals surface area contributed by atoms with Crippen molar-refractivity contribution in [2.45, 2.75) is 44.3 Å². The van der Waals surface area contributed by atoms with Crippen LogP contribution in [0.1, 0.15) is 38.4 Å². The van der Waals surface area contributed by atoms with Crippen LogP contribution in [0.25, 0.3) is 16.6 Å². The first-order valence-corrected chi connectivity index (χ1v) is 10.4. The van der Waals surface area contributed by atoms with Gasteiger partial charge in [-0.05, 0) is 51.1 Å². The third-order valence-corrected chi connectivity index (χ3v) is 6.12. The summed E-state index contributed by atoms with van der Waals surface area (Å²) in [6, 6.07) is 7.90. The van der Waals surface area contributed by atoms with Crippen molar-refractivity contribution in [1.29, 1.82) is 0 Å². The zero-order valence-corrected chi connectivity index (χ0v) is 17.5. The summed E-state index contributed by atoms with van der Waals surface area (Å²) in [5.41, 5.74) is 2.45. The molecule has 0 amide bonds. The van der Waals surface area contributed by atoms with Gasteiger partial charge >= 0.3 is 0 Å². The van der Waals surface area contributed by atoms with E-state index in [1.54, 1.807) is 0 Å². The average Bonchev–Trinajstić information content (AvgIpc) is 3.13. The fourth-order valence-electron chi connectivity index (χ4n) is 4.27. The number of hydrogen-bond acceptors (Lipinski definition) is 5. The Kier molecular flexibility index (Phi) is 5.76. The zero-order valence-electron chi connectivity index (χ0n) is 16.7. The van der Waals surface area contributed by atoms with Gasteiger partial charge in [-0.25, -0.2) is 9.98 Å². The minimum Gasteiger partial charge on any atom is -0.393 e. The highest BCUT2D eigenvalue weighted by Gasteiger charge is 2.40. The number of rotatable bonds is 4. The first-order valence-electron chi connectivity index (χ1n) is 10.1. The second-order valence-corrected chi connectivity index (χ2v) is 8.44. The number of nitrogens with one attached hydrogen (secondary N) is 1. The van der Waals surface area contributed by atoms with E-state index in [4.69, 9.17) is 16.3 Å². The predicted octanol–water partition coefficient (Wildman–Crippen LogP) is 4.08. The van der Waals surface area contributed by atoms with Gasteiger partial charge in [-0.2, -0.15) is 0 Å². The minimum absolute atomic E-state index is 0.208. The molecule has 0 aliphatic carbocycles. The lowest BCUT2D eigenvalue weighted by atomic mass is 9.83. The number of piperidine rings is 1. The number of para-hydroxylation sites is 2. The fourth-order valence-corrected chi connectivity index (χ4v) is 4.42. The maximum Gasteiger partial charge on any atom is 0.139 e. The summed E-state index contributed by atoms with van der Waals surface area (Å²) < 4.78 is 6.06. The molecule has 1 aromatic carbocycles. The van der Waals surface area contributed by atoms with E-state index < -0.39 is 0 Å². The molecule has 3 heterocycles. The van der Waals surface area contributed by atoms with E-state index in [1.807, 2.05) is 37.3 Å². The van der Waals surface area contributed by atoms with Crippen LogP contribution >= 0.6 is 11.6 Å². The standard InChI is InChI=1S/C22H27ClN4O2/c1-15(23)17(21-25-18-5-3-4-6-19(18)26-21)13-20(24-2)27-10-8-22(9-11-27)14-16(28)7-12-29-22/h3-6,13,16,28H,2,7-12,14H2,1H3,(H,25,26)/b17-15?,20-13+. The van der Waals surface area contributed by atoms with Crippen LogP contribution in [0, 0.1) is 0 Å². The lowest BCUT2D eigenvalue weighted by Crippen LogP contribution is -2.50. The molecule has 4 rings (SSSR count). The number of aliphatic hydroxyl groups is 1. The van der Waals surface area contributed by atoms with E-state index in [2.05, 4.69) is 26.6 Å². The Balaban J connectivity index is 1.56.